The Morgan fingerprint density at radius 3 is 1.27 bits per heavy atom. The van der Waals surface area contributed by atoms with E-state index in [-0.39, 0.29) is 0 Å². The van der Waals surface area contributed by atoms with Crippen LogP contribution in [0, 0.1) is 0 Å². The minimum absolute atomic E-state index is 1.19. The van der Waals surface area contributed by atoms with Crippen LogP contribution in [0.4, 0.5) is 0 Å². The summed E-state index contributed by atoms with van der Waals surface area (Å²) in [6.07, 6.45) is 12.9. The lowest BCUT2D eigenvalue weighted by molar-refractivity contribution is -0.538. The van der Waals surface area contributed by atoms with Crippen LogP contribution in [0.25, 0.3) is 0 Å². The van der Waals surface area contributed by atoms with E-state index in [4.69, 9.17) is 0 Å². The largest absolute Gasteiger partial charge is 0.350 e. The van der Waals surface area contributed by atoms with Crippen molar-refractivity contribution in [2.45, 2.75) is 106 Å². The summed E-state index contributed by atoms with van der Waals surface area (Å²) in [6.45, 7) is 21.1. The molecule has 0 aromatic carbocycles. The van der Waals surface area contributed by atoms with Gasteiger partial charge in [-0.05, 0) is 38.5 Å². The Hall–Kier alpha value is -0.730. The number of hydrogen-bond acceptors (Lipinski definition) is 0. The van der Waals surface area contributed by atoms with Gasteiger partial charge in [-0.15, -0.1) is 0 Å². The Labute approximate surface area is 165 Å². The molecule has 0 aromatic rings. The van der Waals surface area contributed by atoms with Crippen LogP contribution in [-0.4, -0.2) is 59.6 Å². The maximum atomic E-state index is 2.75. The van der Waals surface area contributed by atoms with E-state index >= 15 is 0 Å². The van der Waals surface area contributed by atoms with Gasteiger partial charge in [0.25, 0.3) is 0 Å². The SMILES string of the molecule is CCCCCN(CCCCC)C(N(CCC)CCC)=[N+](CCC)CCC. The molecule has 0 N–H and O–H groups in total. The van der Waals surface area contributed by atoms with E-state index in [1.54, 1.807) is 5.96 Å². The van der Waals surface area contributed by atoms with Crippen LogP contribution in [0.15, 0.2) is 0 Å². The van der Waals surface area contributed by atoms with E-state index in [0.29, 0.717) is 0 Å². The van der Waals surface area contributed by atoms with Gasteiger partial charge in [-0.25, -0.2) is 0 Å². The van der Waals surface area contributed by atoms with Gasteiger partial charge < -0.3 is 0 Å². The van der Waals surface area contributed by atoms with Gasteiger partial charge in [-0.2, -0.15) is 0 Å². The zero-order chi connectivity index (χ0) is 19.6. The van der Waals surface area contributed by atoms with Crippen molar-refractivity contribution < 1.29 is 4.58 Å². The average molecular weight is 369 g/mol. The first-order valence-electron chi connectivity index (χ1n) is 11.8. The monoisotopic (exact) mass is 368 g/mol. The van der Waals surface area contributed by atoms with Crippen molar-refractivity contribution in [3.8, 4) is 0 Å². The summed E-state index contributed by atoms with van der Waals surface area (Å²) in [5, 5.41) is 0. The van der Waals surface area contributed by atoms with E-state index in [0.717, 1.165) is 0 Å². The predicted octanol–water partition coefficient (Wildman–Crippen LogP) is 5.98. The highest BCUT2D eigenvalue weighted by Gasteiger charge is 2.27. The molecular weight excluding hydrogens is 318 g/mol. The van der Waals surface area contributed by atoms with Crippen LogP contribution in [0.3, 0.4) is 0 Å². The van der Waals surface area contributed by atoms with Gasteiger partial charge in [0.2, 0.25) is 0 Å². The number of unbranched alkanes of at least 4 members (excludes halogenated alkanes) is 4. The summed E-state index contributed by atoms with van der Waals surface area (Å²) in [5.74, 6) is 1.55. The smallest absolute Gasteiger partial charge is 0.265 e. The van der Waals surface area contributed by atoms with Crippen molar-refractivity contribution in [3.05, 3.63) is 0 Å². The Balaban J connectivity index is 5.72. The number of guanidine groups is 1. The third-order valence-corrected chi connectivity index (χ3v) is 4.89. The second-order valence-corrected chi connectivity index (χ2v) is 7.68. The van der Waals surface area contributed by atoms with Crippen molar-refractivity contribution in [1.29, 1.82) is 0 Å². The van der Waals surface area contributed by atoms with E-state index in [1.165, 1.54) is 103 Å². The third-order valence-electron chi connectivity index (χ3n) is 4.89. The molecule has 0 unspecified atom stereocenters. The summed E-state index contributed by atoms with van der Waals surface area (Å²) in [7, 11) is 0. The first-order chi connectivity index (χ1) is 12.7. The van der Waals surface area contributed by atoms with Crippen molar-refractivity contribution in [3.63, 3.8) is 0 Å². The molecule has 0 aliphatic heterocycles. The quantitative estimate of drug-likeness (QED) is 0.143. The predicted molar refractivity (Wildman–Crippen MR) is 118 cm³/mol. The van der Waals surface area contributed by atoms with Crippen LogP contribution in [-0.2, 0) is 0 Å². The average Bonchev–Trinajstić information content (AvgIpc) is 2.62. The van der Waals surface area contributed by atoms with Gasteiger partial charge in [0.15, 0.2) is 0 Å². The lowest BCUT2D eigenvalue weighted by Crippen LogP contribution is -2.51. The lowest BCUT2D eigenvalue weighted by atomic mass is 10.2. The zero-order valence-electron chi connectivity index (χ0n) is 19.2. The van der Waals surface area contributed by atoms with Crippen LogP contribution in [0.5, 0.6) is 0 Å². The molecule has 0 aliphatic carbocycles. The minimum Gasteiger partial charge on any atom is -0.265 e. The molecule has 0 aromatic heterocycles. The number of rotatable bonds is 16. The summed E-state index contributed by atoms with van der Waals surface area (Å²) in [5.41, 5.74) is 0. The van der Waals surface area contributed by atoms with Crippen molar-refractivity contribution in [1.82, 2.24) is 9.80 Å². The topological polar surface area (TPSA) is 9.49 Å². The van der Waals surface area contributed by atoms with Crippen LogP contribution >= 0.6 is 0 Å². The molecule has 0 spiro atoms. The highest BCUT2D eigenvalue weighted by Crippen LogP contribution is 2.10. The van der Waals surface area contributed by atoms with E-state index < -0.39 is 0 Å². The minimum atomic E-state index is 1.19. The number of hydrogen-bond donors (Lipinski definition) is 0. The fourth-order valence-corrected chi connectivity index (χ4v) is 3.72. The first-order valence-corrected chi connectivity index (χ1v) is 11.8. The fourth-order valence-electron chi connectivity index (χ4n) is 3.72. The van der Waals surface area contributed by atoms with Gasteiger partial charge in [-0.1, -0.05) is 67.2 Å². The zero-order valence-corrected chi connectivity index (χ0v) is 19.2. The molecule has 0 atom stereocenters. The molecule has 0 amide bonds. The van der Waals surface area contributed by atoms with Crippen molar-refractivity contribution >= 4 is 5.96 Å². The van der Waals surface area contributed by atoms with Crippen molar-refractivity contribution in [2.75, 3.05) is 39.3 Å². The molecule has 0 fully saturated rings. The maximum absolute atomic E-state index is 2.75. The summed E-state index contributed by atoms with van der Waals surface area (Å²) >= 11 is 0. The second-order valence-electron chi connectivity index (χ2n) is 7.68. The molecule has 3 heteroatoms. The normalized spacial score (nSPS) is 10.8. The van der Waals surface area contributed by atoms with Gasteiger partial charge in [0, 0.05) is 0 Å². The van der Waals surface area contributed by atoms with E-state index in [9.17, 15) is 0 Å². The molecule has 0 saturated heterocycles. The standard InChI is InChI=1S/C23H50N3/c1-7-13-15-21-26(22-16-14-8-2)23(24(17-9-3)18-10-4)25(19-11-5)20-12-6/h7-22H2,1-6H3/q+1. The molecule has 0 radical (unpaired) electrons. The Kier molecular flexibility index (Phi) is 17.2. The van der Waals surface area contributed by atoms with E-state index in [2.05, 4.69) is 55.9 Å². The fraction of sp³-hybridized carbons (Fsp3) is 0.957. The molecule has 0 bridgehead atoms. The molecule has 26 heavy (non-hydrogen) atoms. The third kappa shape index (κ3) is 10.4. The first kappa shape index (κ1) is 25.3. The molecule has 0 saturated carbocycles. The van der Waals surface area contributed by atoms with Crippen LogP contribution in [0.2, 0.25) is 0 Å². The molecule has 0 aliphatic rings. The Morgan fingerprint density at radius 2 is 0.923 bits per heavy atom. The second kappa shape index (κ2) is 17.7. The maximum Gasteiger partial charge on any atom is 0.350 e. The molecule has 0 heterocycles. The van der Waals surface area contributed by atoms with E-state index in [1.807, 2.05) is 0 Å². The lowest BCUT2D eigenvalue weighted by Gasteiger charge is -2.31. The van der Waals surface area contributed by atoms with Gasteiger partial charge in [-0.3, -0.25) is 14.4 Å². The summed E-state index contributed by atoms with van der Waals surface area (Å²) in [6, 6.07) is 0. The van der Waals surface area contributed by atoms with Crippen molar-refractivity contribution in [2.24, 2.45) is 0 Å². The molecular formula is C23H50N3+. The van der Waals surface area contributed by atoms with Gasteiger partial charge in [0.05, 0.1) is 39.3 Å². The molecule has 0 rings (SSSR count). The van der Waals surface area contributed by atoms with Crippen LogP contribution in [0.1, 0.15) is 106 Å². The highest BCUT2D eigenvalue weighted by atomic mass is 15.4. The number of nitrogens with zero attached hydrogens (tertiary/aromatic N) is 3. The Morgan fingerprint density at radius 1 is 0.500 bits per heavy atom. The molecule has 3 nitrogen and oxygen atoms in total. The summed E-state index contributed by atoms with van der Waals surface area (Å²) in [4.78, 5) is 5.45. The highest BCUT2D eigenvalue weighted by molar-refractivity contribution is 5.75. The Bertz CT molecular complexity index is 314. The molecule has 156 valence electrons. The van der Waals surface area contributed by atoms with Crippen LogP contribution < -0.4 is 0 Å². The summed E-state index contributed by atoms with van der Waals surface area (Å²) < 4.78 is 2.70. The van der Waals surface area contributed by atoms with Gasteiger partial charge in [0.1, 0.15) is 0 Å². The van der Waals surface area contributed by atoms with Gasteiger partial charge >= 0.3 is 5.96 Å².